The fraction of sp³-hybridized carbons (Fsp3) is 0.240. The molecule has 3 amide bonds. The van der Waals surface area contributed by atoms with Crippen molar-refractivity contribution in [2.45, 2.75) is 25.2 Å². The van der Waals surface area contributed by atoms with E-state index >= 15 is 0 Å². The molecule has 1 aromatic heterocycles. The number of pyridine rings is 1. The second-order valence-electron chi connectivity index (χ2n) is 7.69. The van der Waals surface area contributed by atoms with E-state index in [1.54, 1.807) is 23.2 Å². The Kier molecular flexibility index (Phi) is 6.57. The van der Waals surface area contributed by atoms with Crippen molar-refractivity contribution in [1.82, 2.24) is 10.3 Å². The highest BCUT2D eigenvalue weighted by molar-refractivity contribution is 5.97. The van der Waals surface area contributed by atoms with Crippen LogP contribution in [0.5, 0.6) is 0 Å². The summed E-state index contributed by atoms with van der Waals surface area (Å²) in [6.07, 6.45) is 3.86. The molecule has 31 heavy (non-hydrogen) atoms. The van der Waals surface area contributed by atoms with Crippen LogP contribution >= 0.6 is 0 Å². The minimum Gasteiger partial charge on any atom is -0.338 e. The molecule has 1 saturated heterocycles. The lowest BCUT2D eigenvalue weighted by Gasteiger charge is -2.18. The number of aryl methyl sites for hydroxylation is 1. The zero-order valence-electron chi connectivity index (χ0n) is 17.3. The Hall–Kier alpha value is -3.67. The molecule has 3 aromatic rings. The molecule has 1 aliphatic rings. The Morgan fingerprint density at radius 1 is 1.03 bits per heavy atom. The molecule has 0 bridgehead atoms. The number of carbonyl (C=O) groups excluding carboxylic acids is 2. The molecule has 0 aliphatic carbocycles. The standard InChI is InChI=1S/C25H26N4O2/c30-24-16-21(20-11-5-2-6-12-20)18-29(24)22-13-15-26-23(17-22)28-25(31)27-14-7-10-19-8-3-1-4-9-19/h1-6,8-9,11-13,15,17,21H,7,10,14,16,18H2,(H2,26,27,28,31). The second-order valence-corrected chi connectivity index (χ2v) is 7.69. The second kappa shape index (κ2) is 9.89. The van der Waals surface area contributed by atoms with E-state index in [0.717, 1.165) is 18.5 Å². The van der Waals surface area contributed by atoms with Crippen molar-refractivity contribution in [3.63, 3.8) is 0 Å². The molecule has 1 fully saturated rings. The Labute approximate surface area is 182 Å². The number of nitrogens with zero attached hydrogens (tertiary/aromatic N) is 2. The molecular formula is C25H26N4O2. The molecule has 0 saturated carbocycles. The van der Waals surface area contributed by atoms with Crippen LogP contribution in [-0.4, -0.2) is 30.0 Å². The third-order valence-corrected chi connectivity index (χ3v) is 5.46. The van der Waals surface area contributed by atoms with Gasteiger partial charge in [-0.2, -0.15) is 0 Å². The first-order valence-electron chi connectivity index (χ1n) is 10.6. The lowest BCUT2D eigenvalue weighted by atomic mass is 9.99. The van der Waals surface area contributed by atoms with Crippen molar-refractivity contribution in [1.29, 1.82) is 0 Å². The first-order valence-corrected chi connectivity index (χ1v) is 10.6. The van der Waals surface area contributed by atoms with Crippen LogP contribution in [0.4, 0.5) is 16.3 Å². The predicted octanol–water partition coefficient (Wildman–Crippen LogP) is 4.36. The zero-order chi connectivity index (χ0) is 21.5. The number of urea groups is 1. The summed E-state index contributed by atoms with van der Waals surface area (Å²) in [5, 5.41) is 5.62. The van der Waals surface area contributed by atoms with Gasteiger partial charge in [-0.05, 0) is 30.0 Å². The number of rotatable bonds is 7. The van der Waals surface area contributed by atoms with Gasteiger partial charge in [-0.1, -0.05) is 60.7 Å². The van der Waals surface area contributed by atoms with Gasteiger partial charge in [0.05, 0.1) is 0 Å². The third-order valence-electron chi connectivity index (χ3n) is 5.46. The minimum atomic E-state index is -0.298. The first kappa shape index (κ1) is 20.6. The molecule has 2 N–H and O–H groups in total. The van der Waals surface area contributed by atoms with E-state index in [0.29, 0.717) is 25.3 Å². The molecule has 1 aliphatic heterocycles. The highest BCUT2D eigenvalue weighted by Gasteiger charge is 2.31. The van der Waals surface area contributed by atoms with Crippen molar-refractivity contribution in [3.05, 3.63) is 90.1 Å². The summed E-state index contributed by atoms with van der Waals surface area (Å²) in [4.78, 5) is 30.8. The summed E-state index contributed by atoms with van der Waals surface area (Å²) in [6, 6.07) is 23.5. The van der Waals surface area contributed by atoms with Crippen LogP contribution in [0.3, 0.4) is 0 Å². The van der Waals surface area contributed by atoms with Crippen LogP contribution < -0.4 is 15.5 Å². The molecule has 1 atom stereocenters. The number of anilines is 2. The number of benzene rings is 2. The van der Waals surface area contributed by atoms with E-state index in [2.05, 4.69) is 39.9 Å². The Balaban J connectivity index is 1.30. The topological polar surface area (TPSA) is 74.3 Å². The summed E-state index contributed by atoms with van der Waals surface area (Å²) < 4.78 is 0. The van der Waals surface area contributed by atoms with Crippen LogP contribution in [0.1, 0.15) is 29.9 Å². The van der Waals surface area contributed by atoms with Gasteiger partial charge in [-0.3, -0.25) is 10.1 Å². The van der Waals surface area contributed by atoms with E-state index < -0.39 is 0 Å². The average Bonchev–Trinajstić information content (AvgIpc) is 3.20. The summed E-state index contributed by atoms with van der Waals surface area (Å²) in [5.41, 5.74) is 3.17. The first-order chi connectivity index (χ1) is 15.2. The number of hydrogen-bond donors (Lipinski definition) is 2. The van der Waals surface area contributed by atoms with Crippen LogP contribution in [0.25, 0.3) is 0 Å². The van der Waals surface area contributed by atoms with Gasteiger partial charge in [0.25, 0.3) is 0 Å². The fourth-order valence-corrected chi connectivity index (χ4v) is 3.86. The van der Waals surface area contributed by atoms with E-state index in [1.165, 1.54) is 11.1 Å². The largest absolute Gasteiger partial charge is 0.338 e. The molecule has 6 nitrogen and oxygen atoms in total. The third kappa shape index (κ3) is 5.48. The van der Waals surface area contributed by atoms with Gasteiger partial charge >= 0.3 is 6.03 Å². The van der Waals surface area contributed by atoms with E-state index in [1.807, 2.05) is 36.4 Å². The van der Waals surface area contributed by atoms with Crippen LogP contribution in [0.2, 0.25) is 0 Å². The maximum Gasteiger partial charge on any atom is 0.320 e. The number of amides is 3. The predicted molar refractivity (Wildman–Crippen MR) is 122 cm³/mol. The molecule has 4 rings (SSSR count). The van der Waals surface area contributed by atoms with E-state index in [9.17, 15) is 9.59 Å². The Morgan fingerprint density at radius 2 is 1.77 bits per heavy atom. The van der Waals surface area contributed by atoms with Gasteiger partial charge in [0.2, 0.25) is 5.91 Å². The van der Waals surface area contributed by atoms with Crippen molar-refractivity contribution in [2.24, 2.45) is 0 Å². The molecular weight excluding hydrogens is 388 g/mol. The quantitative estimate of drug-likeness (QED) is 0.564. The van der Waals surface area contributed by atoms with Crippen LogP contribution in [-0.2, 0) is 11.2 Å². The minimum absolute atomic E-state index is 0.0800. The molecule has 0 radical (unpaired) electrons. The van der Waals surface area contributed by atoms with Crippen molar-refractivity contribution < 1.29 is 9.59 Å². The van der Waals surface area contributed by atoms with E-state index in [4.69, 9.17) is 0 Å². The SMILES string of the molecule is O=C(NCCCc1ccccc1)Nc1cc(N2CC(c3ccccc3)CC2=O)ccn1. The van der Waals surface area contributed by atoms with Gasteiger partial charge in [0.15, 0.2) is 0 Å². The van der Waals surface area contributed by atoms with Gasteiger partial charge in [0.1, 0.15) is 5.82 Å². The molecule has 0 spiro atoms. The maximum absolute atomic E-state index is 12.6. The fourth-order valence-electron chi connectivity index (χ4n) is 3.86. The van der Waals surface area contributed by atoms with Crippen molar-refractivity contribution in [3.8, 4) is 0 Å². The summed E-state index contributed by atoms with van der Waals surface area (Å²) in [6.45, 7) is 1.20. The summed E-state index contributed by atoms with van der Waals surface area (Å²) in [7, 11) is 0. The Bertz CT molecular complexity index is 1020. The number of nitrogens with one attached hydrogen (secondary N) is 2. The van der Waals surface area contributed by atoms with Crippen molar-refractivity contribution >= 4 is 23.4 Å². The number of aromatic nitrogens is 1. The summed E-state index contributed by atoms with van der Waals surface area (Å²) >= 11 is 0. The highest BCUT2D eigenvalue weighted by atomic mass is 16.2. The maximum atomic E-state index is 12.6. The average molecular weight is 415 g/mol. The van der Waals surface area contributed by atoms with Gasteiger partial charge in [-0.25, -0.2) is 9.78 Å². The normalized spacial score (nSPS) is 15.7. The Morgan fingerprint density at radius 3 is 2.55 bits per heavy atom. The molecule has 158 valence electrons. The molecule has 1 unspecified atom stereocenters. The molecule has 2 aromatic carbocycles. The lowest BCUT2D eigenvalue weighted by Crippen LogP contribution is -2.30. The van der Waals surface area contributed by atoms with Gasteiger partial charge in [-0.15, -0.1) is 0 Å². The molecule has 2 heterocycles. The monoisotopic (exact) mass is 414 g/mol. The lowest BCUT2D eigenvalue weighted by molar-refractivity contribution is -0.117. The van der Waals surface area contributed by atoms with Crippen LogP contribution in [0, 0.1) is 0 Å². The summed E-state index contributed by atoms with van der Waals surface area (Å²) in [5.74, 6) is 0.677. The zero-order valence-corrected chi connectivity index (χ0v) is 17.3. The van der Waals surface area contributed by atoms with Gasteiger partial charge < -0.3 is 10.2 Å². The number of carbonyl (C=O) groups is 2. The van der Waals surface area contributed by atoms with E-state index in [-0.39, 0.29) is 17.9 Å². The molecule has 6 heteroatoms. The highest BCUT2D eigenvalue weighted by Crippen LogP contribution is 2.32. The number of hydrogen-bond acceptors (Lipinski definition) is 3. The van der Waals surface area contributed by atoms with Crippen molar-refractivity contribution in [2.75, 3.05) is 23.3 Å². The smallest absolute Gasteiger partial charge is 0.320 e. The van der Waals surface area contributed by atoms with Crippen LogP contribution in [0.15, 0.2) is 79.0 Å². The van der Waals surface area contributed by atoms with Gasteiger partial charge in [0, 0.05) is 43.4 Å².